The second kappa shape index (κ2) is 6.13. The van der Waals surface area contributed by atoms with Gasteiger partial charge in [0.15, 0.2) is 11.2 Å². The maximum atomic E-state index is 12.0. The molecular weight excluding hydrogens is 316 g/mol. The maximum absolute atomic E-state index is 12.0. The molecule has 1 aliphatic heterocycles. The summed E-state index contributed by atoms with van der Waals surface area (Å²) in [6.07, 6.45) is -1.20. The van der Waals surface area contributed by atoms with E-state index in [1.807, 2.05) is 38.1 Å². The van der Waals surface area contributed by atoms with Gasteiger partial charge < -0.3 is 14.7 Å². The van der Waals surface area contributed by atoms with Crippen LogP contribution in [0.1, 0.15) is 23.6 Å². The number of amides is 2. The van der Waals surface area contributed by atoms with Crippen molar-refractivity contribution >= 4 is 22.5 Å². The number of ether oxygens (including phenoxy) is 1. The Balaban J connectivity index is 1.73. The first-order valence-electron chi connectivity index (χ1n) is 7.25. The monoisotopic (exact) mass is 334 g/mol. The van der Waals surface area contributed by atoms with Gasteiger partial charge in [0.2, 0.25) is 5.13 Å². The summed E-state index contributed by atoms with van der Waals surface area (Å²) in [6.45, 7) is 4.14. The molecule has 7 nitrogen and oxygen atoms in total. The Hall–Kier alpha value is -2.19. The van der Waals surface area contributed by atoms with Crippen molar-refractivity contribution in [1.29, 1.82) is 0 Å². The van der Waals surface area contributed by atoms with Crippen LogP contribution in [0, 0.1) is 6.92 Å². The van der Waals surface area contributed by atoms with Crippen LogP contribution < -0.4 is 9.64 Å². The number of β-amino-alcohol motifs (C(OH)–C–C–N with tert-alkyl or cyclic N) is 1. The third kappa shape index (κ3) is 3.13. The summed E-state index contributed by atoms with van der Waals surface area (Å²) < 4.78 is 5.84. The number of carbonyl (C=O) groups is 1. The number of rotatable bonds is 4. The number of nitrogens with zero attached hydrogens (tertiary/aromatic N) is 4. The molecule has 0 saturated carbocycles. The van der Waals surface area contributed by atoms with E-state index in [0.29, 0.717) is 10.1 Å². The van der Waals surface area contributed by atoms with Gasteiger partial charge in [0.25, 0.3) is 0 Å². The Kier molecular flexibility index (Phi) is 4.18. The minimum atomic E-state index is -0.901. The van der Waals surface area contributed by atoms with Gasteiger partial charge >= 0.3 is 6.03 Å². The standard InChI is InChI=1S/C15H18N4O3S/c1-9-4-6-11(7-5-9)22-10(2)13-16-17-14(23-13)19-12(20)8-18(3)15(19)21/h4-7,10,12,20H,8H2,1-3H3. The van der Waals surface area contributed by atoms with Crippen LogP contribution in [0.5, 0.6) is 5.75 Å². The van der Waals surface area contributed by atoms with Crippen LogP contribution in [0.2, 0.25) is 0 Å². The summed E-state index contributed by atoms with van der Waals surface area (Å²) in [4.78, 5) is 14.7. The minimum absolute atomic E-state index is 0.253. The SMILES string of the molecule is Cc1ccc(OC(C)c2nnc(N3C(=O)N(C)CC3O)s2)cc1. The highest BCUT2D eigenvalue weighted by molar-refractivity contribution is 7.15. The molecule has 1 fully saturated rings. The summed E-state index contributed by atoms with van der Waals surface area (Å²) in [6, 6.07) is 7.46. The fourth-order valence-electron chi connectivity index (χ4n) is 2.28. The molecule has 1 N–H and O–H groups in total. The van der Waals surface area contributed by atoms with Crippen LogP contribution in [0.15, 0.2) is 24.3 Å². The lowest BCUT2D eigenvalue weighted by Crippen LogP contribution is -2.34. The van der Waals surface area contributed by atoms with Crippen molar-refractivity contribution in [3.63, 3.8) is 0 Å². The highest BCUT2D eigenvalue weighted by Crippen LogP contribution is 2.31. The molecule has 1 aromatic heterocycles. The van der Waals surface area contributed by atoms with E-state index >= 15 is 0 Å². The number of aliphatic hydroxyl groups is 1. The number of carbonyl (C=O) groups excluding carboxylic acids is 1. The number of urea groups is 1. The summed E-state index contributed by atoms with van der Waals surface area (Å²) in [5.74, 6) is 0.747. The third-order valence-electron chi connectivity index (χ3n) is 3.59. The zero-order chi connectivity index (χ0) is 16.6. The van der Waals surface area contributed by atoms with E-state index in [-0.39, 0.29) is 18.7 Å². The van der Waals surface area contributed by atoms with Crippen molar-refractivity contribution in [2.24, 2.45) is 0 Å². The molecule has 1 saturated heterocycles. The van der Waals surface area contributed by atoms with Crippen LogP contribution >= 0.6 is 11.3 Å². The Morgan fingerprint density at radius 3 is 2.65 bits per heavy atom. The molecule has 0 bridgehead atoms. The summed E-state index contributed by atoms with van der Waals surface area (Å²) in [5.41, 5.74) is 1.16. The first kappa shape index (κ1) is 15.7. The fourth-order valence-corrected chi connectivity index (χ4v) is 3.15. The average molecular weight is 334 g/mol. The van der Waals surface area contributed by atoms with E-state index in [1.54, 1.807) is 7.05 Å². The van der Waals surface area contributed by atoms with Crippen LogP contribution in [0.3, 0.4) is 0 Å². The zero-order valence-corrected chi connectivity index (χ0v) is 13.9. The van der Waals surface area contributed by atoms with E-state index in [4.69, 9.17) is 4.74 Å². The summed E-state index contributed by atoms with van der Waals surface area (Å²) >= 11 is 1.24. The molecular formula is C15H18N4O3S. The van der Waals surface area contributed by atoms with Crippen molar-refractivity contribution in [3.05, 3.63) is 34.8 Å². The molecule has 1 aliphatic rings. The van der Waals surface area contributed by atoms with Gasteiger partial charge in [-0.05, 0) is 26.0 Å². The van der Waals surface area contributed by atoms with Gasteiger partial charge in [0.1, 0.15) is 11.9 Å². The second-order valence-electron chi connectivity index (χ2n) is 5.51. The Morgan fingerprint density at radius 2 is 2.04 bits per heavy atom. The van der Waals surface area contributed by atoms with Crippen molar-refractivity contribution in [1.82, 2.24) is 15.1 Å². The molecule has 2 unspecified atom stereocenters. The van der Waals surface area contributed by atoms with Gasteiger partial charge in [-0.2, -0.15) is 0 Å². The van der Waals surface area contributed by atoms with E-state index in [0.717, 1.165) is 11.3 Å². The van der Waals surface area contributed by atoms with Gasteiger partial charge in [0.05, 0.1) is 6.54 Å². The molecule has 2 heterocycles. The molecule has 3 rings (SSSR count). The molecule has 8 heteroatoms. The topological polar surface area (TPSA) is 78.8 Å². The normalized spacial score (nSPS) is 19.3. The number of aliphatic hydroxyl groups excluding tert-OH is 1. The summed E-state index contributed by atoms with van der Waals surface area (Å²) in [7, 11) is 1.64. The first-order chi connectivity index (χ1) is 11.0. The molecule has 0 radical (unpaired) electrons. The van der Waals surface area contributed by atoms with Gasteiger partial charge in [-0.1, -0.05) is 29.0 Å². The van der Waals surface area contributed by atoms with Gasteiger partial charge in [-0.25, -0.2) is 9.69 Å². The highest BCUT2D eigenvalue weighted by atomic mass is 32.1. The van der Waals surface area contributed by atoms with Gasteiger partial charge in [-0.15, -0.1) is 10.2 Å². The van der Waals surface area contributed by atoms with E-state index < -0.39 is 6.23 Å². The molecule has 0 aliphatic carbocycles. The smallest absolute Gasteiger partial charge is 0.328 e. The van der Waals surface area contributed by atoms with Crippen LogP contribution in [0.4, 0.5) is 9.93 Å². The largest absolute Gasteiger partial charge is 0.483 e. The minimum Gasteiger partial charge on any atom is -0.483 e. The Bertz CT molecular complexity index is 703. The number of aryl methyl sites for hydroxylation is 1. The van der Waals surface area contributed by atoms with Gasteiger partial charge in [0, 0.05) is 7.05 Å². The maximum Gasteiger partial charge on any atom is 0.328 e. The van der Waals surface area contributed by atoms with Gasteiger partial charge in [-0.3, -0.25) is 0 Å². The lowest BCUT2D eigenvalue weighted by molar-refractivity contribution is 0.183. The average Bonchev–Trinajstić information content (AvgIpc) is 3.07. The molecule has 2 aromatic rings. The van der Waals surface area contributed by atoms with E-state index in [1.165, 1.54) is 21.1 Å². The second-order valence-corrected chi connectivity index (χ2v) is 6.50. The predicted octanol–water partition coefficient (Wildman–Crippen LogP) is 2.18. The van der Waals surface area contributed by atoms with Crippen LogP contribution in [-0.2, 0) is 0 Å². The van der Waals surface area contributed by atoms with Crippen molar-refractivity contribution in [2.75, 3.05) is 18.5 Å². The molecule has 122 valence electrons. The van der Waals surface area contributed by atoms with Crippen molar-refractivity contribution in [3.8, 4) is 5.75 Å². The summed E-state index contributed by atoms with van der Waals surface area (Å²) in [5, 5.41) is 19.1. The molecule has 23 heavy (non-hydrogen) atoms. The highest BCUT2D eigenvalue weighted by Gasteiger charge is 2.37. The number of hydrogen-bond acceptors (Lipinski definition) is 6. The molecule has 0 spiro atoms. The Labute approximate surface area is 138 Å². The third-order valence-corrected chi connectivity index (χ3v) is 4.67. The quantitative estimate of drug-likeness (QED) is 0.927. The lowest BCUT2D eigenvalue weighted by atomic mass is 10.2. The van der Waals surface area contributed by atoms with Crippen LogP contribution in [0.25, 0.3) is 0 Å². The van der Waals surface area contributed by atoms with Crippen LogP contribution in [-0.4, -0.2) is 46.1 Å². The first-order valence-corrected chi connectivity index (χ1v) is 8.06. The molecule has 2 atom stereocenters. The van der Waals surface area contributed by atoms with Crippen molar-refractivity contribution < 1.29 is 14.6 Å². The number of likely N-dealkylation sites (N-methyl/N-ethyl adjacent to an activating group) is 1. The Morgan fingerprint density at radius 1 is 1.35 bits per heavy atom. The number of anilines is 1. The number of aromatic nitrogens is 2. The molecule has 1 aromatic carbocycles. The number of benzene rings is 1. The zero-order valence-electron chi connectivity index (χ0n) is 13.1. The van der Waals surface area contributed by atoms with Crippen molar-refractivity contribution in [2.45, 2.75) is 26.2 Å². The number of hydrogen-bond donors (Lipinski definition) is 1. The van der Waals surface area contributed by atoms with E-state index in [9.17, 15) is 9.90 Å². The fraction of sp³-hybridized carbons (Fsp3) is 0.400. The molecule has 2 amide bonds. The van der Waals surface area contributed by atoms with E-state index in [2.05, 4.69) is 10.2 Å². The lowest BCUT2D eigenvalue weighted by Gasteiger charge is -2.14. The predicted molar refractivity (Wildman–Crippen MR) is 86.6 cm³/mol.